The number of nitrogens with zero attached hydrogens (tertiary/aromatic N) is 1. The summed E-state index contributed by atoms with van der Waals surface area (Å²) in [6, 6.07) is 14.3. The monoisotopic (exact) mass is 873 g/mol. The molecule has 4 heterocycles. The number of likely N-dealkylation sites (tertiary alicyclic amines) is 1. The third kappa shape index (κ3) is 7.18. The van der Waals surface area contributed by atoms with Gasteiger partial charge in [-0.1, -0.05) is 50.1 Å². The smallest absolute Gasteiger partial charge is 0.463 e. The molecule has 2 amide bonds. The van der Waals surface area contributed by atoms with Gasteiger partial charge in [-0.15, -0.1) is 0 Å². The third-order valence-corrected chi connectivity index (χ3v) is 10.1. The molecule has 2 fully saturated rings. The molecule has 0 aliphatic carbocycles. The van der Waals surface area contributed by atoms with Crippen LogP contribution in [0.25, 0.3) is 11.0 Å². The summed E-state index contributed by atoms with van der Waals surface area (Å²) in [6.45, 7) is 8.44. The Balaban J connectivity index is 1.36. The molecule has 0 saturated carbocycles. The fourth-order valence-electron chi connectivity index (χ4n) is 6.86. The molecule has 3 aliphatic rings. The highest BCUT2D eigenvalue weighted by molar-refractivity contribution is 9.10. The number of carbonyl (C=O) groups is 5. The highest BCUT2D eigenvalue weighted by atomic mass is 79.9. The number of rotatable bonds is 12. The minimum absolute atomic E-state index is 0.00274. The van der Waals surface area contributed by atoms with Gasteiger partial charge >= 0.3 is 23.7 Å². The molecule has 0 N–H and O–H groups in total. The number of hydrogen-bond acceptors (Lipinski definition) is 13. The van der Waals surface area contributed by atoms with Crippen molar-refractivity contribution in [2.75, 3.05) is 19.8 Å². The van der Waals surface area contributed by atoms with Gasteiger partial charge in [-0.2, -0.15) is 0 Å². The molecule has 54 heavy (non-hydrogen) atoms. The minimum atomic E-state index is -1.95. The summed E-state index contributed by atoms with van der Waals surface area (Å²) in [5.41, 5.74) is -3.43. The molecule has 0 spiro atoms. The number of alkyl halides is 2. The van der Waals surface area contributed by atoms with Crippen LogP contribution in [0.2, 0.25) is 0 Å². The van der Waals surface area contributed by atoms with E-state index in [2.05, 4.69) is 31.9 Å². The zero-order valence-corrected chi connectivity index (χ0v) is 33.3. The number of hydrogen-bond donors (Lipinski definition) is 0. The highest BCUT2D eigenvalue weighted by Gasteiger charge is 2.79. The van der Waals surface area contributed by atoms with Gasteiger partial charge in [0.1, 0.15) is 56.4 Å². The number of benzene rings is 2. The van der Waals surface area contributed by atoms with Crippen molar-refractivity contribution in [3.8, 4) is 11.5 Å². The molecular weight excluding hydrogens is 838 g/mol. The number of carbonyl (C=O) groups excluding carboxylic acids is 5. The van der Waals surface area contributed by atoms with Crippen LogP contribution in [0.5, 0.6) is 11.5 Å². The maximum atomic E-state index is 14.4. The van der Waals surface area contributed by atoms with Crippen LogP contribution in [0, 0.1) is 18.8 Å². The number of fused-ring (bicyclic) bond motifs is 6. The summed E-state index contributed by atoms with van der Waals surface area (Å²) in [5.74, 6) is -4.92. The molecule has 2 aromatic carbocycles. The molecule has 3 aliphatic heterocycles. The molecule has 6 rings (SSSR count). The molecule has 3 aromatic rings. The van der Waals surface area contributed by atoms with Crippen LogP contribution in [0.1, 0.15) is 40.2 Å². The van der Waals surface area contributed by atoms with E-state index in [9.17, 15) is 28.8 Å². The van der Waals surface area contributed by atoms with E-state index in [1.165, 1.54) is 31.2 Å². The number of esters is 2. The topological polar surface area (TPSA) is 174 Å². The van der Waals surface area contributed by atoms with Crippen LogP contribution in [0.4, 0.5) is 4.79 Å². The summed E-state index contributed by atoms with van der Waals surface area (Å²) in [5, 5.41) is 0.631. The Morgan fingerprint density at radius 2 is 1.54 bits per heavy atom. The van der Waals surface area contributed by atoms with Crippen molar-refractivity contribution in [2.45, 2.75) is 67.5 Å². The van der Waals surface area contributed by atoms with E-state index in [0.717, 1.165) is 4.90 Å². The molecule has 286 valence electrons. The SMILES string of the molecule is Cc1cc(=O)oc2cc(OC(=O)OC(C)C34OC(COC(=O)C(C)(C)Br)(C=C3Oc3ccccc3)C3C(=O)N(CCOC(=O)C(C)(C)Br)C(=O)C34)ccc12. The number of ether oxygens (including phenoxy) is 6. The molecule has 14 nitrogen and oxygen atoms in total. The van der Waals surface area contributed by atoms with Crippen molar-refractivity contribution in [3.63, 3.8) is 0 Å². The maximum absolute atomic E-state index is 14.4. The average molecular weight is 876 g/mol. The molecule has 0 radical (unpaired) electrons. The van der Waals surface area contributed by atoms with Crippen LogP contribution in [-0.2, 0) is 38.1 Å². The fraction of sp³-hybridized carbons (Fsp3) is 0.421. The Bertz CT molecular complexity index is 2120. The van der Waals surface area contributed by atoms with Crippen molar-refractivity contribution in [1.82, 2.24) is 4.90 Å². The van der Waals surface area contributed by atoms with E-state index in [0.29, 0.717) is 16.7 Å². The van der Waals surface area contributed by atoms with Crippen LogP contribution in [0.15, 0.2) is 75.6 Å². The van der Waals surface area contributed by atoms with Crippen molar-refractivity contribution in [3.05, 3.63) is 82.4 Å². The molecule has 5 unspecified atom stereocenters. The van der Waals surface area contributed by atoms with Gasteiger partial charge in [-0.05, 0) is 77.4 Å². The number of halogens is 2. The molecule has 2 saturated heterocycles. The lowest BCUT2D eigenvalue weighted by Crippen LogP contribution is -2.53. The summed E-state index contributed by atoms with van der Waals surface area (Å²) >= 11 is 6.52. The minimum Gasteiger partial charge on any atom is -0.463 e. The van der Waals surface area contributed by atoms with Crippen molar-refractivity contribution >= 4 is 72.7 Å². The zero-order valence-electron chi connectivity index (χ0n) is 30.1. The van der Waals surface area contributed by atoms with E-state index in [1.54, 1.807) is 71.0 Å². The summed E-state index contributed by atoms with van der Waals surface area (Å²) in [4.78, 5) is 80.5. The number of imide groups is 1. The maximum Gasteiger partial charge on any atom is 0.514 e. The molecule has 16 heteroatoms. The molecule has 2 bridgehead atoms. The first kappa shape index (κ1) is 39.2. The standard InChI is InChI=1S/C38H37Br2NO13/c1-20-16-27(42)53-25-17-23(12-13-24(20)25)52-34(47)50-21(2)38-26(51-22-10-8-7-9-11-22)18-37(54-38,19-49-33(46)36(5,6)40)28-29(38)31(44)41(30(28)43)14-15-48-32(45)35(3,4)39/h7-13,16-18,21,28-29H,14-15,19H2,1-6H3. The van der Waals surface area contributed by atoms with Gasteiger partial charge in [0.05, 0.1) is 18.4 Å². The van der Waals surface area contributed by atoms with E-state index in [4.69, 9.17) is 32.8 Å². The summed E-state index contributed by atoms with van der Waals surface area (Å²) in [7, 11) is 0. The van der Waals surface area contributed by atoms with Crippen LogP contribution < -0.4 is 15.1 Å². The second-order valence-corrected chi connectivity index (χ2v) is 18.2. The zero-order chi connectivity index (χ0) is 39.4. The third-order valence-electron chi connectivity index (χ3n) is 9.43. The normalized spacial score (nSPS) is 23.9. The lowest BCUT2D eigenvalue weighted by Gasteiger charge is -2.37. The van der Waals surface area contributed by atoms with Gasteiger partial charge in [0.15, 0.2) is 5.60 Å². The summed E-state index contributed by atoms with van der Waals surface area (Å²) < 4.78 is 38.5. The van der Waals surface area contributed by atoms with Crippen molar-refractivity contribution in [2.24, 2.45) is 11.8 Å². The Morgan fingerprint density at radius 1 is 0.889 bits per heavy atom. The first-order valence-corrected chi connectivity index (χ1v) is 18.5. The van der Waals surface area contributed by atoms with Crippen molar-refractivity contribution in [1.29, 1.82) is 0 Å². The lowest BCUT2D eigenvalue weighted by molar-refractivity contribution is -0.173. The summed E-state index contributed by atoms with van der Waals surface area (Å²) in [6.07, 6.45) is -1.10. The van der Waals surface area contributed by atoms with Gasteiger partial charge in [0, 0.05) is 17.5 Å². The van der Waals surface area contributed by atoms with E-state index >= 15 is 0 Å². The van der Waals surface area contributed by atoms with Crippen LogP contribution >= 0.6 is 31.9 Å². The Hall–Kier alpha value is -4.54. The van der Waals surface area contributed by atoms with Crippen LogP contribution in [0.3, 0.4) is 0 Å². The highest BCUT2D eigenvalue weighted by Crippen LogP contribution is 2.62. The van der Waals surface area contributed by atoms with E-state index < -0.39 is 79.9 Å². The van der Waals surface area contributed by atoms with Gasteiger partial charge in [-0.3, -0.25) is 24.1 Å². The molecule has 1 aromatic heterocycles. The fourth-order valence-corrected chi connectivity index (χ4v) is 7.09. The second kappa shape index (κ2) is 14.3. The Kier molecular flexibility index (Phi) is 10.3. The van der Waals surface area contributed by atoms with E-state index in [-0.39, 0.29) is 30.2 Å². The predicted molar refractivity (Wildman–Crippen MR) is 197 cm³/mol. The van der Waals surface area contributed by atoms with Gasteiger partial charge in [0.2, 0.25) is 11.8 Å². The Labute approximate surface area is 326 Å². The quantitative estimate of drug-likeness (QED) is 0.0556. The average Bonchev–Trinajstić information content (AvgIpc) is 3.67. The predicted octanol–water partition coefficient (Wildman–Crippen LogP) is 5.52. The second-order valence-electron chi connectivity index (χ2n) is 14.2. The van der Waals surface area contributed by atoms with Gasteiger partial charge in [-0.25, -0.2) is 9.59 Å². The van der Waals surface area contributed by atoms with Gasteiger partial charge in [0.25, 0.3) is 0 Å². The molecule has 5 atom stereocenters. The molecular formula is C38H37Br2NO13. The first-order chi connectivity index (χ1) is 25.3. The number of para-hydroxylation sites is 1. The van der Waals surface area contributed by atoms with E-state index in [1.807, 2.05) is 0 Å². The Morgan fingerprint density at radius 3 is 2.20 bits per heavy atom. The largest absolute Gasteiger partial charge is 0.514 e. The number of aryl methyl sites for hydroxylation is 1. The van der Waals surface area contributed by atoms with Gasteiger partial charge < -0.3 is 32.8 Å². The van der Waals surface area contributed by atoms with Crippen molar-refractivity contribution < 1.29 is 56.8 Å². The lowest BCUT2D eigenvalue weighted by atomic mass is 9.69. The van der Waals surface area contributed by atoms with Crippen LogP contribution in [-0.4, -0.2) is 80.5 Å². The first-order valence-electron chi connectivity index (χ1n) is 16.9. The number of amides is 2.